The van der Waals surface area contributed by atoms with Gasteiger partial charge in [0.2, 0.25) is 5.88 Å². The molecule has 0 aliphatic heterocycles. The second-order valence-corrected chi connectivity index (χ2v) is 6.61. The Kier molecular flexibility index (Phi) is 4.91. The smallest absolute Gasteiger partial charge is 0.265 e. The van der Waals surface area contributed by atoms with Crippen LogP contribution >= 0.6 is 11.6 Å². The standard InChI is InChI=1S/C22H16ClN3O2/c23-19-9-3-4-10-20(19)26-21(27)17-8-2-1-7-16(17)18(22(26)28)14-25-13-15-6-5-11-24-12-15/h1-12,14,28H,13H2. The Labute approximate surface area is 166 Å². The summed E-state index contributed by atoms with van der Waals surface area (Å²) in [7, 11) is 0. The monoisotopic (exact) mass is 389 g/mol. The van der Waals surface area contributed by atoms with Gasteiger partial charge in [-0.25, -0.2) is 4.57 Å². The molecule has 0 saturated carbocycles. The highest BCUT2D eigenvalue weighted by Gasteiger charge is 2.17. The quantitative estimate of drug-likeness (QED) is 0.527. The summed E-state index contributed by atoms with van der Waals surface area (Å²) < 4.78 is 1.22. The molecule has 0 radical (unpaired) electrons. The number of hydrogen-bond acceptors (Lipinski definition) is 4. The van der Waals surface area contributed by atoms with Crippen molar-refractivity contribution in [2.24, 2.45) is 4.99 Å². The predicted molar refractivity (Wildman–Crippen MR) is 112 cm³/mol. The summed E-state index contributed by atoms with van der Waals surface area (Å²) in [6, 6.07) is 17.8. The number of rotatable bonds is 4. The van der Waals surface area contributed by atoms with Crippen molar-refractivity contribution >= 4 is 28.6 Å². The molecule has 0 saturated heterocycles. The van der Waals surface area contributed by atoms with Crippen LogP contribution in [0.15, 0.2) is 82.8 Å². The Hall–Kier alpha value is -3.44. The molecule has 2 heterocycles. The minimum atomic E-state index is -0.342. The molecule has 2 aromatic heterocycles. The molecule has 0 aliphatic rings. The summed E-state index contributed by atoms with van der Waals surface area (Å²) in [6.45, 7) is 0.410. The van der Waals surface area contributed by atoms with Crippen molar-refractivity contribution in [1.29, 1.82) is 0 Å². The van der Waals surface area contributed by atoms with Crippen molar-refractivity contribution in [1.82, 2.24) is 9.55 Å². The van der Waals surface area contributed by atoms with Gasteiger partial charge in [0, 0.05) is 29.4 Å². The van der Waals surface area contributed by atoms with Crippen molar-refractivity contribution in [2.75, 3.05) is 0 Å². The number of aromatic hydroxyl groups is 1. The lowest BCUT2D eigenvalue weighted by molar-refractivity contribution is 0.436. The first-order chi connectivity index (χ1) is 13.7. The average Bonchev–Trinajstić information content (AvgIpc) is 2.73. The average molecular weight is 390 g/mol. The molecule has 0 fully saturated rings. The van der Waals surface area contributed by atoms with Gasteiger partial charge in [0.25, 0.3) is 5.56 Å². The third-order valence-electron chi connectivity index (χ3n) is 4.41. The molecule has 0 spiro atoms. The Morgan fingerprint density at radius 1 is 1.04 bits per heavy atom. The van der Waals surface area contributed by atoms with Gasteiger partial charge in [-0.3, -0.25) is 14.8 Å². The summed E-state index contributed by atoms with van der Waals surface area (Å²) in [5.74, 6) is -0.202. The molecule has 4 rings (SSSR count). The van der Waals surface area contributed by atoms with Crippen LogP contribution in [0.3, 0.4) is 0 Å². The van der Waals surface area contributed by atoms with Crippen molar-refractivity contribution < 1.29 is 5.11 Å². The van der Waals surface area contributed by atoms with Crippen LogP contribution in [0, 0.1) is 0 Å². The lowest BCUT2D eigenvalue weighted by atomic mass is 10.1. The first kappa shape index (κ1) is 17.9. The lowest BCUT2D eigenvalue weighted by Gasteiger charge is -2.14. The van der Waals surface area contributed by atoms with Gasteiger partial charge in [-0.1, -0.05) is 48.0 Å². The van der Waals surface area contributed by atoms with Gasteiger partial charge in [0.1, 0.15) is 0 Å². The van der Waals surface area contributed by atoms with Crippen molar-refractivity contribution in [2.45, 2.75) is 6.54 Å². The maximum atomic E-state index is 13.0. The number of fused-ring (bicyclic) bond motifs is 1. The van der Waals surface area contributed by atoms with E-state index in [9.17, 15) is 9.90 Å². The van der Waals surface area contributed by atoms with E-state index in [1.807, 2.05) is 18.2 Å². The number of para-hydroxylation sites is 1. The molecule has 0 atom stereocenters. The Morgan fingerprint density at radius 3 is 2.54 bits per heavy atom. The summed E-state index contributed by atoms with van der Waals surface area (Å²) in [5.41, 5.74) is 1.48. The number of hydrogen-bond donors (Lipinski definition) is 1. The minimum absolute atomic E-state index is 0.202. The number of aromatic nitrogens is 2. The van der Waals surface area contributed by atoms with E-state index >= 15 is 0 Å². The zero-order valence-corrected chi connectivity index (χ0v) is 15.5. The SMILES string of the molecule is O=c1c2ccccc2c(C=NCc2cccnc2)c(O)n1-c1ccccc1Cl. The molecule has 4 aromatic rings. The van der Waals surface area contributed by atoms with Crippen LogP contribution < -0.4 is 5.56 Å². The number of nitrogens with zero attached hydrogens (tertiary/aromatic N) is 3. The molecule has 0 amide bonds. The van der Waals surface area contributed by atoms with E-state index in [0.717, 1.165) is 5.56 Å². The fourth-order valence-corrected chi connectivity index (χ4v) is 3.30. The van der Waals surface area contributed by atoms with Crippen molar-refractivity contribution in [3.63, 3.8) is 0 Å². The molecule has 0 bridgehead atoms. The summed E-state index contributed by atoms with van der Waals surface area (Å²) in [6.07, 6.45) is 5.02. The molecule has 6 heteroatoms. The second kappa shape index (κ2) is 7.66. The highest BCUT2D eigenvalue weighted by Crippen LogP contribution is 2.28. The summed E-state index contributed by atoms with van der Waals surface area (Å²) >= 11 is 6.28. The van der Waals surface area contributed by atoms with Crippen LogP contribution in [0.25, 0.3) is 16.5 Å². The third kappa shape index (κ3) is 3.28. The largest absolute Gasteiger partial charge is 0.494 e. The Balaban J connectivity index is 1.90. The van der Waals surface area contributed by atoms with Gasteiger partial charge in [-0.15, -0.1) is 0 Å². The number of benzene rings is 2. The highest BCUT2D eigenvalue weighted by atomic mass is 35.5. The van der Waals surface area contributed by atoms with E-state index < -0.39 is 0 Å². The van der Waals surface area contributed by atoms with Gasteiger partial charge in [0.15, 0.2) is 0 Å². The van der Waals surface area contributed by atoms with Gasteiger partial charge in [-0.2, -0.15) is 0 Å². The van der Waals surface area contributed by atoms with Crippen molar-refractivity contribution in [3.05, 3.63) is 99.6 Å². The van der Waals surface area contributed by atoms with Crippen LogP contribution in [0.1, 0.15) is 11.1 Å². The molecule has 28 heavy (non-hydrogen) atoms. The van der Waals surface area contributed by atoms with Gasteiger partial charge < -0.3 is 5.11 Å². The van der Waals surface area contributed by atoms with E-state index in [2.05, 4.69) is 9.98 Å². The maximum absolute atomic E-state index is 13.0. The zero-order valence-electron chi connectivity index (χ0n) is 14.8. The first-order valence-corrected chi connectivity index (χ1v) is 9.05. The number of aliphatic imine (C=N–C) groups is 1. The second-order valence-electron chi connectivity index (χ2n) is 6.21. The van der Waals surface area contributed by atoms with E-state index in [1.54, 1.807) is 61.1 Å². The summed E-state index contributed by atoms with van der Waals surface area (Å²) in [5, 5.41) is 12.4. The fraction of sp³-hybridized carbons (Fsp3) is 0.0455. The van der Waals surface area contributed by atoms with Crippen LogP contribution in [-0.2, 0) is 6.54 Å². The number of pyridine rings is 2. The van der Waals surface area contributed by atoms with Crippen LogP contribution in [-0.4, -0.2) is 20.9 Å². The molecule has 0 aliphatic carbocycles. The minimum Gasteiger partial charge on any atom is -0.494 e. The summed E-state index contributed by atoms with van der Waals surface area (Å²) in [4.78, 5) is 21.5. The normalized spacial score (nSPS) is 11.3. The van der Waals surface area contributed by atoms with Gasteiger partial charge in [-0.05, 0) is 29.8 Å². The van der Waals surface area contributed by atoms with Crippen molar-refractivity contribution in [3.8, 4) is 11.6 Å². The lowest BCUT2D eigenvalue weighted by Crippen LogP contribution is -2.20. The topological polar surface area (TPSA) is 67.5 Å². The molecular weight excluding hydrogens is 374 g/mol. The maximum Gasteiger partial charge on any atom is 0.265 e. The molecule has 138 valence electrons. The number of halogens is 1. The van der Waals surface area contributed by atoms with E-state index in [1.165, 1.54) is 4.57 Å². The molecule has 5 nitrogen and oxygen atoms in total. The van der Waals surface area contributed by atoms with Crippen LogP contribution in [0.4, 0.5) is 0 Å². The molecule has 1 N–H and O–H groups in total. The first-order valence-electron chi connectivity index (χ1n) is 8.67. The van der Waals surface area contributed by atoms with Crippen LogP contribution in [0.5, 0.6) is 5.88 Å². The zero-order chi connectivity index (χ0) is 19.5. The fourth-order valence-electron chi connectivity index (χ4n) is 3.08. The Morgan fingerprint density at radius 2 is 1.79 bits per heavy atom. The predicted octanol–water partition coefficient (Wildman–Crippen LogP) is 4.36. The molecule has 0 unspecified atom stereocenters. The van der Waals surface area contributed by atoms with E-state index in [-0.39, 0.29) is 11.4 Å². The van der Waals surface area contributed by atoms with E-state index in [0.29, 0.717) is 33.6 Å². The van der Waals surface area contributed by atoms with E-state index in [4.69, 9.17) is 11.6 Å². The van der Waals surface area contributed by atoms with Crippen LogP contribution in [0.2, 0.25) is 5.02 Å². The van der Waals surface area contributed by atoms with Gasteiger partial charge >= 0.3 is 0 Å². The van der Waals surface area contributed by atoms with Gasteiger partial charge in [0.05, 0.1) is 22.8 Å². The molecular formula is C22H16ClN3O2. The Bertz CT molecular complexity index is 1230. The highest BCUT2D eigenvalue weighted by molar-refractivity contribution is 6.32. The third-order valence-corrected chi connectivity index (χ3v) is 4.73. The molecule has 2 aromatic carbocycles.